The summed E-state index contributed by atoms with van der Waals surface area (Å²) in [5, 5.41) is -5.16. The summed E-state index contributed by atoms with van der Waals surface area (Å²) < 4.78 is 168. The Bertz CT molecular complexity index is 2040. The molecule has 1 aliphatic rings. The van der Waals surface area contributed by atoms with Gasteiger partial charge in [0.1, 0.15) is 31.9 Å². The Morgan fingerprint density at radius 1 is 0.556 bits per heavy atom. The van der Waals surface area contributed by atoms with Crippen LogP contribution in [0, 0.1) is 25.9 Å². The van der Waals surface area contributed by atoms with Crippen molar-refractivity contribution in [2.75, 3.05) is 0 Å². The molecule has 0 heterocycles. The molecular formula is C36H26F8I2O6S2. The molecule has 0 bridgehead atoms. The van der Waals surface area contributed by atoms with E-state index in [2.05, 4.69) is 121 Å². The van der Waals surface area contributed by atoms with Gasteiger partial charge in [-0.2, -0.15) is 17.6 Å². The van der Waals surface area contributed by atoms with Gasteiger partial charge in [-0.05, 0) is 72.8 Å². The Balaban J connectivity index is 0.000000195. The summed E-state index contributed by atoms with van der Waals surface area (Å²) in [5.41, 5.74) is 0. The standard InChI is InChI=1S/2C12H10I.C6H4F6O3S.C6H4F2O3S/c2*1-3-7-11(8-4-1)13-12-9-5-2-6-10-12;7-3-1-2-4(8,16(13,14)15)6(11,12)5(3,9)10;7-4-1-2-6(5(8)3-4)12(9,10)11/h2*1-10H;1-3H,(H,13,14,15);1-3H,(H,9,10,11)/q2*+1;;/p-2. The first kappa shape index (κ1) is 45.0. The van der Waals surface area contributed by atoms with E-state index in [-0.39, 0.29) is 42.4 Å². The van der Waals surface area contributed by atoms with Gasteiger partial charge in [-0.1, -0.05) is 72.8 Å². The molecule has 5 aromatic carbocycles. The lowest BCUT2D eigenvalue weighted by Gasteiger charge is -2.40. The molecule has 0 N–H and O–H groups in total. The van der Waals surface area contributed by atoms with Crippen molar-refractivity contribution in [2.24, 2.45) is 0 Å². The summed E-state index contributed by atoms with van der Waals surface area (Å²) in [4.78, 5) is -1.04. The molecule has 0 aromatic heterocycles. The number of benzene rings is 5. The summed E-state index contributed by atoms with van der Waals surface area (Å²) in [6.07, 6.45) is -4.70. The maximum Gasteiger partial charge on any atom is 0.363 e. The van der Waals surface area contributed by atoms with Gasteiger partial charge in [0.05, 0.1) is 4.90 Å². The Labute approximate surface area is 327 Å². The highest BCUT2D eigenvalue weighted by atomic mass is 127. The Morgan fingerprint density at radius 3 is 1.20 bits per heavy atom. The van der Waals surface area contributed by atoms with Crippen molar-refractivity contribution in [3.05, 3.63) is 178 Å². The third-order valence-corrected chi connectivity index (χ3v) is 13.9. The highest BCUT2D eigenvalue weighted by Gasteiger charge is 2.76. The molecule has 0 saturated carbocycles. The molecule has 5 aromatic rings. The largest absolute Gasteiger partial charge is 0.745 e. The van der Waals surface area contributed by atoms with Crippen LogP contribution in [-0.2, 0) is 20.2 Å². The van der Waals surface area contributed by atoms with Crippen LogP contribution in [-0.4, -0.2) is 49.0 Å². The summed E-state index contributed by atoms with van der Waals surface area (Å²) >= 11 is 0.0574. The maximum absolute atomic E-state index is 13.1. The second-order valence-corrected chi connectivity index (χ2v) is 19.4. The topological polar surface area (TPSA) is 114 Å². The minimum absolute atomic E-state index is 0.0287. The van der Waals surface area contributed by atoms with Crippen molar-refractivity contribution >= 4 is 20.2 Å². The molecule has 0 aliphatic heterocycles. The zero-order chi connectivity index (χ0) is 40.2. The Hall–Kier alpha value is -3.44. The van der Waals surface area contributed by atoms with Gasteiger partial charge < -0.3 is 9.11 Å². The fourth-order valence-corrected chi connectivity index (χ4v) is 9.68. The molecule has 0 amide bonds. The van der Waals surface area contributed by atoms with E-state index < -0.39 is 71.9 Å². The van der Waals surface area contributed by atoms with Gasteiger partial charge in [0.25, 0.3) is 5.00 Å². The fraction of sp³-hybridized carbons (Fsp3) is 0.111. The number of alkyl halides is 6. The predicted molar refractivity (Wildman–Crippen MR) is 172 cm³/mol. The van der Waals surface area contributed by atoms with Crippen LogP contribution in [0.5, 0.6) is 0 Å². The highest BCUT2D eigenvalue weighted by Crippen LogP contribution is 2.53. The summed E-state index contributed by atoms with van der Waals surface area (Å²) in [6.45, 7) is 0. The maximum atomic E-state index is 13.1. The first-order valence-corrected chi connectivity index (χ1v) is 22.0. The number of halogens is 10. The van der Waals surface area contributed by atoms with Gasteiger partial charge in [-0.3, -0.25) is 0 Å². The van der Waals surface area contributed by atoms with Crippen molar-refractivity contribution in [3.63, 3.8) is 0 Å². The van der Waals surface area contributed by atoms with Crippen LogP contribution in [0.4, 0.5) is 35.1 Å². The van der Waals surface area contributed by atoms with E-state index in [9.17, 15) is 61.1 Å². The van der Waals surface area contributed by atoms with E-state index in [0.29, 0.717) is 18.2 Å². The lowest BCUT2D eigenvalue weighted by Crippen LogP contribution is -3.61. The number of allylic oxidation sites excluding steroid dienone is 1. The van der Waals surface area contributed by atoms with Crippen LogP contribution < -0.4 is 42.4 Å². The molecule has 2 unspecified atom stereocenters. The molecule has 0 spiro atoms. The molecule has 0 fully saturated rings. The van der Waals surface area contributed by atoms with E-state index in [0.717, 1.165) is 0 Å². The molecule has 18 heteroatoms. The molecule has 0 radical (unpaired) electrons. The van der Waals surface area contributed by atoms with Gasteiger partial charge in [0.15, 0.2) is 20.5 Å². The predicted octanol–water partition coefficient (Wildman–Crippen LogP) is 1.87. The third kappa shape index (κ3) is 12.3. The van der Waals surface area contributed by atoms with Gasteiger partial charge in [0.2, 0.25) is 0 Å². The smallest absolute Gasteiger partial charge is 0.363 e. The van der Waals surface area contributed by atoms with E-state index in [1.807, 2.05) is 0 Å². The average molecular weight is 1020 g/mol. The SMILES string of the molecule is O=S(=O)([O-])C1(F)C=CC(F)C(F)(F)C1(F)F.O=S(=O)([O-])c1ccc(F)cc1F.c1ccc([I+]c2ccccc2)cc1.c1ccc([I+]c2ccccc2)cc1. The van der Waals surface area contributed by atoms with Gasteiger partial charge in [0, 0.05) is 6.07 Å². The normalized spacial score (nSPS) is 18.4. The summed E-state index contributed by atoms with van der Waals surface area (Å²) in [6, 6.07) is 44.4. The molecule has 54 heavy (non-hydrogen) atoms. The molecule has 0 saturated heterocycles. The first-order chi connectivity index (χ1) is 25.2. The summed E-state index contributed by atoms with van der Waals surface area (Å²) in [7, 11) is -11.3. The molecule has 2 atom stereocenters. The number of hydrogen-bond acceptors (Lipinski definition) is 6. The highest BCUT2D eigenvalue weighted by molar-refractivity contribution is 7.87. The second kappa shape index (κ2) is 19.4. The molecule has 1 aliphatic carbocycles. The average Bonchev–Trinajstić information content (AvgIpc) is 3.11. The van der Waals surface area contributed by atoms with E-state index in [1.165, 1.54) is 14.3 Å². The minimum Gasteiger partial charge on any atom is -0.745 e. The monoisotopic (exact) mass is 1020 g/mol. The first-order valence-electron chi connectivity index (χ1n) is 14.8. The zero-order valence-electron chi connectivity index (χ0n) is 27.1. The van der Waals surface area contributed by atoms with Crippen molar-refractivity contribution < 1.29 is 103 Å². The van der Waals surface area contributed by atoms with Crippen molar-refractivity contribution in [2.45, 2.75) is 27.9 Å². The van der Waals surface area contributed by atoms with Crippen LogP contribution in [0.2, 0.25) is 0 Å². The molecule has 6 nitrogen and oxygen atoms in total. The number of hydrogen-bond donors (Lipinski definition) is 0. The van der Waals surface area contributed by atoms with Crippen LogP contribution in [0.1, 0.15) is 0 Å². The molecular weight excluding hydrogens is 998 g/mol. The van der Waals surface area contributed by atoms with Crippen LogP contribution in [0.25, 0.3) is 0 Å². The fourth-order valence-electron chi connectivity index (χ4n) is 3.92. The van der Waals surface area contributed by atoms with Crippen molar-refractivity contribution in [3.8, 4) is 0 Å². The molecule has 288 valence electrons. The van der Waals surface area contributed by atoms with Gasteiger partial charge in [-0.15, -0.1) is 0 Å². The van der Waals surface area contributed by atoms with Gasteiger partial charge in [-0.25, -0.2) is 34.4 Å². The van der Waals surface area contributed by atoms with E-state index >= 15 is 0 Å². The lowest BCUT2D eigenvalue weighted by molar-refractivity contribution is -0.597. The van der Waals surface area contributed by atoms with E-state index in [1.54, 1.807) is 0 Å². The number of rotatable bonds is 6. The Morgan fingerprint density at radius 2 is 0.907 bits per heavy atom. The molecule has 6 rings (SSSR count). The quantitative estimate of drug-likeness (QED) is 0.111. The zero-order valence-corrected chi connectivity index (χ0v) is 33.0. The third-order valence-electron chi connectivity index (χ3n) is 6.57. The Kier molecular flexibility index (Phi) is 16.2. The van der Waals surface area contributed by atoms with Gasteiger partial charge >= 0.3 is 54.3 Å². The summed E-state index contributed by atoms with van der Waals surface area (Å²) in [5.74, 6) is -13.9. The van der Waals surface area contributed by atoms with E-state index in [4.69, 9.17) is 0 Å². The second-order valence-electron chi connectivity index (χ2n) is 10.5. The van der Waals surface area contributed by atoms with Crippen molar-refractivity contribution in [1.82, 2.24) is 0 Å². The van der Waals surface area contributed by atoms with Crippen LogP contribution in [0.15, 0.2) is 157 Å². The van der Waals surface area contributed by atoms with Crippen molar-refractivity contribution in [1.29, 1.82) is 0 Å². The minimum atomic E-state index is -6.43. The van der Waals surface area contributed by atoms with Crippen LogP contribution in [0.3, 0.4) is 0 Å². The van der Waals surface area contributed by atoms with Crippen LogP contribution >= 0.6 is 0 Å². The lowest BCUT2D eigenvalue weighted by atomic mass is 9.95.